The zero-order valence-electron chi connectivity index (χ0n) is 11.8. The second kappa shape index (κ2) is 8.30. The Labute approximate surface area is 119 Å². The molecule has 0 radical (unpaired) electrons. The van der Waals surface area contributed by atoms with E-state index in [0.717, 1.165) is 19.3 Å². The molecule has 0 aromatic rings. The van der Waals surface area contributed by atoms with Gasteiger partial charge in [0.15, 0.2) is 0 Å². The first kappa shape index (κ1) is 17.2. The summed E-state index contributed by atoms with van der Waals surface area (Å²) in [7, 11) is 0. The highest BCUT2D eigenvalue weighted by atomic mass is 79.9. The fraction of sp³-hybridized carbons (Fsp3) is 0.533. The van der Waals surface area contributed by atoms with Gasteiger partial charge in [0.1, 0.15) is 0 Å². The topological polar surface area (TPSA) is 43.1 Å². The van der Waals surface area contributed by atoms with Crippen LogP contribution in [0.2, 0.25) is 0 Å². The van der Waals surface area contributed by atoms with Crippen LogP contribution in [-0.4, -0.2) is 5.91 Å². The number of primary amides is 1. The van der Waals surface area contributed by atoms with Gasteiger partial charge in [-0.2, -0.15) is 0 Å². The van der Waals surface area contributed by atoms with Crippen LogP contribution in [0.15, 0.2) is 34.4 Å². The van der Waals surface area contributed by atoms with E-state index in [0.29, 0.717) is 0 Å². The number of allylic oxidation sites excluding steroid dienone is 5. The SMILES string of the molecule is C/C(Br)=C\CC/C(C)=C/CC(C)(C)/C=C/C(N)=O. The second-order valence-corrected chi connectivity index (χ2v) is 6.56. The maximum atomic E-state index is 10.7. The molecule has 0 heterocycles. The van der Waals surface area contributed by atoms with Gasteiger partial charge in [0.2, 0.25) is 5.91 Å². The minimum atomic E-state index is -0.387. The Bertz CT molecular complexity index is 361. The molecule has 0 fully saturated rings. The van der Waals surface area contributed by atoms with Gasteiger partial charge in [-0.1, -0.05) is 53.6 Å². The molecule has 18 heavy (non-hydrogen) atoms. The summed E-state index contributed by atoms with van der Waals surface area (Å²) < 4.78 is 1.18. The molecule has 0 saturated heterocycles. The Hall–Kier alpha value is -0.830. The van der Waals surface area contributed by atoms with Gasteiger partial charge < -0.3 is 5.73 Å². The van der Waals surface area contributed by atoms with E-state index in [2.05, 4.69) is 48.9 Å². The first-order valence-corrected chi connectivity index (χ1v) is 6.99. The van der Waals surface area contributed by atoms with Gasteiger partial charge in [-0.3, -0.25) is 4.79 Å². The van der Waals surface area contributed by atoms with Crippen molar-refractivity contribution in [3.05, 3.63) is 34.4 Å². The van der Waals surface area contributed by atoms with Crippen molar-refractivity contribution < 1.29 is 4.79 Å². The third kappa shape index (κ3) is 10.3. The van der Waals surface area contributed by atoms with E-state index in [1.807, 2.05) is 13.0 Å². The lowest BCUT2D eigenvalue weighted by Crippen LogP contribution is -2.11. The van der Waals surface area contributed by atoms with Crippen molar-refractivity contribution >= 4 is 21.8 Å². The number of carbonyl (C=O) groups is 1. The molecule has 0 bridgehead atoms. The van der Waals surface area contributed by atoms with Crippen LogP contribution in [0.25, 0.3) is 0 Å². The largest absolute Gasteiger partial charge is 0.366 e. The molecular formula is C15H24BrNO. The van der Waals surface area contributed by atoms with Gasteiger partial charge in [-0.05, 0) is 49.1 Å². The molecule has 1 amide bonds. The highest BCUT2D eigenvalue weighted by molar-refractivity contribution is 9.11. The minimum absolute atomic E-state index is 0.0303. The summed E-state index contributed by atoms with van der Waals surface area (Å²) in [5.41, 5.74) is 6.44. The normalized spacial score (nSPS) is 14.3. The fourth-order valence-corrected chi connectivity index (χ4v) is 1.64. The molecule has 0 aromatic heterocycles. The highest BCUT2D eigenvalue weighted by Crippen LogP contribution is 2.24. The molecule has 2 N–H and O–H groups in total. The minimum Gasteiger partial charge on any atom is -0.366 e. The maximum Gasteiger partial charge on any atom is 0.241 e. The van der Waals surface area contributed by atoms with Crippen molar-refractivity contribution in [1.82, 2.24) is 0 Å². The zero-order valence-corrected chi connectivity index (χ0v) is 13.4. The predicted octanol–water partition coefficient (Wildman–Crippen LogP) is 4.47. The van der Waals surface area contributed by atoms with Gasteiger partial charge >= 0.3 is 0 Å². The molecule has 0 unspecified atom stereocenters. The van der Waals surface area contributed by atoms with E-state index in [1.54, 1.807) is 0 Å². The van der Waals surface area contributed by atoms with Crippen LogP contribution < -0.4 is 5.73 Å². The quantitative estimate of drug-likeness (QED) is 0.547. The lowest BCUT2D eigenvalue weighted by molar-refractivity contribution is -0.113. The zero-order chi connectivity index (χ0) is 14.2. The molecule has 0 aliphatic heterocycles. The average Bonchev–Trinajstić information content (AvgIpc) is 2.24. The van der Waals surface area contributed by atoms with E-state index in [4.69, 9.17) is 5.73 Å². The van der Waals surface area contributed by atoms with Crippen LogP contribution in [0.5, 0.6) is 0 Å². The molecule has 0 atom stereocenters. The summed E-state index contributed by atoms with van der Waals surface area (Å²) in [5, 5.41) is 0. The van der Waals surface area contributed by atoms with E-state index in [-0.39, 0.29) is 11.3 Å². The van der Waals surface area contributed by atoms with Gasteiger partial charge in [0, 0.05) is 0 Å². The van der Waals surface area contributed by atoms with Crippen molar-refractivity contribution in [3.8, 4) is 0 Å². The van der Waals surface area contributed by atoms with Crippen molar-refractivity contribution in [1.29, 1.82) is 0 Å². The standard InChI is InChI=1S/C15H24BrNO/c1-12(6-5-7-13(2)16)8-10-15(3,4)11-9-14(17)18/h7-9,11H,5-6,10H2,1-4H3,(H2,17,18)/b11-9+,12-8+,13-7+. The summed E-state index contributed by atoms with van der Waals surface area (Å²) in [6, 6.07) is 0. The third-order valence-electron chi connectivity index (χ3n) is 2.64. The number of rotatable bonds is 7. The lowest BCUT2D eigenvalue weighted by atomic mass is 9.87. The van der Waals surface area contributed by atoms with Gasteiger partial charge in [-0.15, -0.1) is 0 Å². The molecule has 0 spiro atoms. The Kier molecular flexibility index (Phi) is 7.92. The molecule has 0 saturated carbocycles. The molecular weight excluding hydrogens is 290 g/mol. The number of hydrogen-bond donors (Lipinski definition) is 1. The Morgan fingerprint density at radius 3 is 2.39 bits per heavy atom. The van der Waals surface area contributed by atoms with Crippen LogP contribution in [0.1, 0.15) is 47.0 Å². The van der Waals surface area contributed by atoms with E-state index in [9.17, 15) is 4.79 Å². The summed E-state index contributed by atoms with van der Waals surface area (Å²) in [6.07, 6.45) is 10.8. The molecule has 0 aromatic carbocycles. The maximum absolute atomic E-state index is 10.7. The van der Waals surface area contributed by atoms with Crippen molar-refractivity contribution in [2.75, 3.05) is 0 Å². The monoisotopic (exact) mass is 313 g/mol. The second-order valence-electron chi connectivity index (χ2n) is 5.31. The Balaban J connectivity index is 4.26. The predicted molar refractivity (Wildman–Crippen MR) is 82.4 cm³/mol. The first-order chi connectivity index (χ1) is 8.23. The van der Waals surface area contributed by atoms with Crippen LogP contribution in [0.3, 0.4) is 0 Å². The highest BCUT2D eigenvalue weighted by Gasteiger charge is 2.12. The van der Waals surface area contributed by atoms with Crippen LogP contribution in [-0.2, 0) is 4.79 Å². The van der Waals surface area contributed by atoms with Gasteiger partial charge in [-0.25, -0.2) is 0 Å². The molecule has 0 rings (SSSR count). The first-order valence-electron chi connectivity index (χ1n) is 6.19. The number of halogens is 1. The lowest BCUT2D eigenvalue weighted by Gasteiger charge is -2.18. The molecule has 3 heteroatoms. The van der Waals surface area contributed by atoms with Crippen molar-refractivity contribution in [2.45, 2.75) is 47.0 Å². The summed E-state index contributed by atoms with van der Waals surface area (Å²) in [5.74, 6) is -0.387. The molecule has 2 nitrogen and oxygen atoms in total. The van der Waals surface area contributed by atoms with E-state index < -0.39 is 0 Å². The Morgan fingerprint density at radius 2 is 1.89 bits per heavy atom. The summed E-state index contributed by atoms with van der Waals surface area (Å²) in [6.45, 7) is 8.37. The smallest absolute Gasteiger partial charge is 0.241 e. The number of carbonyl (C=O) groups excluding carboxylic acids is 1. The molecule has 102 valence electrons. The van der Waals surface area contributed by atoms with Gasteiger partial charge in [0.25, 0.3) is 0 Å². The van der Waals surface area contributed by atoms with E-state index >= 15 is 0 Å². The van der Waals surface area contributed by atoms with E-state index in [1.165, 1.54) is 16.1 Å². The number of amides is 1. The third-order valence-corrected chi connectivity index (χ3v) is 2.96. The van der Waals surface area contributed by atoms with Crippen LogP contribution in [0.4, 0.5) is 0 Å². The van der Waals surface area contributed by atoms with Crippen LogP contribution in [0, 0.1) is 5.41 Å². The van der Waals surface area contributed by atoms with Crippen LogP contribution >= 0.6 is 15.9 Å². The number of hydrogen-bond acceptors (Lipinski definition) is 1. The fourth-order valence-electron chi connectivity index (χ4n) is 1.41. The van der Waals surface area contributed by atoms with Crippen molar-refractivity contribution in [2.24, 2.45) is 11.1 Å². The van der Waals surface area contributed by atoms with Gasteiger partial charge in [0.05, 0.1) is 0 Å². The Morgan fingerprint density at radius 1 is 1.28 bits per heavy atom. The van der Waals surface area contributed by atoms with Crippen molar-refractivity contribution in [3.63, 3.8) is 0 Å². The summed E-state index contributed by atoms with van der Waals surface area (Å²) >= 11 is 3.42. The molecule has 0 aliphatic carbocycles. The average molecular weight is 314 g/mol. The number of nitrogens with two attached hydrogens (primary N) is 1. The molecule has 0 aliphatic rings. The summed E-state index contributed by atoms with van der Waals surface area (Å²) in [4.78, 5) is 10.7.